The van der Waals surface area contributed by atoms with E-state index in [1.54, 1.807) is 12.4 Å². The molecule has 0 unspecified atom stereocenters. The van der Waals surface area contributed by atoms with Crippen LogP contribution in [0.15, 0.2) is 24.5 Å². The largest absolute Gasteiger partial charge is 0.337 e. The molecule has 0 aliphatic heterocycles. The fourth-order valence-electron chi connectivity index (χ4n) is 1.70. The van der Waals surface area contributed by atoms with Crippen LogP contribution >= 0.6 is 11.6 Å². The molecule has 0 aliphatic rings. The molecular weight excluding hydrogens is 262 g/mol. The Hall–Kier alpha value is -1.13. The third-order valence-electron chi connectivity index (χ3n) is 2.79. The maximum atomic E-state index is 12.1. The van der Waals surface area contributed by atoms with Crippen molar-refractivity contribution < 1.29 is 4.79 Å². The van der Waals surface area contributed by atoms with Crippen molar-refractivity contribution in [2.75, 3.05) is 33.1 Å². The first-order chi connectivity index (χ1) is 9.13. The molecule has 4 nitrogen and oxygen atoms in total. The van der Waals surface area contributed by atoms with Crippen molar-refractivity contribution in [3.8, 4) is 0 Å². The number of nitrogens with zero attached hydrogens (tertiary/aromatic N) is 3. The van der Waals surface area contributed by atoms with Gasteiger partial charge in [-0.3, -0.25) is 9.78 Å². The molecule has 0 radical (unpaired) electrons. The number of rotatable bonds is 8. The molecule has 1 aromatic heterocycles. The van der Waals surface area contributed by atoms with Gasteiger partial charge in [-0.15, -0.1) is 11.6 Å². The maximum Gasteiger partial charge on any atom is 0.222 e. The van der Waals surface area contributed by atoms with Gasteiger partial charge in [0.25, 0.3) is 0 Å². The maximum absolute atomic E-state index is 12.1. The van der Waals surface area contributed by atoms with Gasteiger partial charge in [0.2, 0.25) is 5.91 Å². The van der Waals surface area contributed by atoms with E-state index in [1.165, 1.54) is 0 Å². The molecule has 0 saturated carbocycles. The first-order valence-corrected chi connectivity index (χ1v) is 7.04. The zero-order valence-electron chi connectivity index (χ0n) is 11.7. The van der Waals surface area contributed by atoms with Crippen molar-refractivity contribution in [2.45, 2.75) is 19.4 Å². The van der Waals surface area contributed by atoms with Crippen LogP contribution in [0.25, 0.3) is 0 Å². The molecule has 0 N–H and O–H groups in total. The van der Waals surface area contributed by atoms with Gasteiger partial charge in [-0.2, -0.15) is 0 Å². The van der Waals surface area contributed by atoms with Gasteiger partial charge in [-0.25, -0.2) is 0 Å². The van der Waals surface area contributed by atoms with E-state index in [0.29, 0.717) is 18.8 Å². The number of alkyl halides is 1. The Kier molecular flexibility index (Phi) is 7.45. The quantitative estimate of drug-likeness (QED) is 0.685. The zero-order valence-corrected chi connectivity index (χ0v) is 12.4. The van der Waals surface area contributed by atoms with E-state index in [1.807, 2.05) is 31.1 Å². The van der Waals surface area contributed by atoms with E-state index < -0.39 is 0 Å². The number of halogens is 1. The predicted octanol–water partition coefficient (Wildman–Crippen LogP) is 1.99. The molecule has 0 aliphatic carbocycles. The molecule has 19 heavy (non-hydrogen) atoms. The molecule has 0 fully saturated rings. The lowest BCUT2D eigenvalue weighted by atomic mass is 10.2. The Morgan fingerprint density at radius 2 is 2.16 bits per heavy atom. The van der Waals surface area contributed by atoms with Crippen LogP contribution in [0.4, 0.5) is 0 Å². The lowest BCUT2D eigenvalue weighted by Crippen LogP contribution is -2.36. The minimum Gasteiger partial charge on any atom is -0.337 e. The van der Waals surface area contributed by atoms with Gasteiger partial charge in [-0.05, 0) is 32.1 Å². The first kappa shape index (κ1) is 15.9. The molecule has 5 heteroatoms. The topological polar surface area (TPSA) is 36.4 Å². The van der Waals surface area contributed by atoms with Crippen LogP contribution in [0.2, 0.25) is 0 Å². The Labute approximate surface area is 120 Å². The zero-order chi connectivity index (χ0) is 14.1. The summed E-state index contributed by atoms with van der Waals surface area (Å²) in [6, 6.07) is 3.88. The molecule has 1 heterocycles. The molecule has 0 aromatic carbocycles. The van der Waals surface area contributed by atoms with Crippen LogP contribution in [0.1, 0.15) is 18.4 Å². The summed E-state index contributed by atoms with van der Waals surface area (Å²) in [7, 11) is 4.01. The number of amides is 1. The summed E-state index contributed by atoms with van der Waals surface area (Å²) in [5, 5.41) is 0. The highest BCUT2D eigenvalue weighted by molar-refractivity contribution is 6.17. The molecular formula is C14H22ClN3O. The highest BCUT2D eigenvalue weighted by Crippen LogP contribution is 2.06. The molecule has 1 rings (SSSR count). The molecule has 0 spiro atoms. The normalized spacial score (nSPS) is 10.7. The van der Waals surface area contributed by atoms with Gasteiger partial charge in [0.15, 0.2) is 0 Å². The van der Waals surface area contributed by atoms with E-state index in [4.69, 9.17) is 11.6 Å². The van der Waals surface area contributed by atoms with E-state index in [9.17, 15) is 4.79 Å². The van der Waals surface area contributed by atoms with E-state index in [-0.39, 0.29) is 5.91 Å². The van der Waals surface area contributed by atoms with Crippen molar-refractivity contribution in [1.29, 1.82) is 0 Å². The van der Waals surface area contributed by atoms with Crippen LogP contribution in [0.5, 0.6) is 0 Å². The van der Waals surface area contributed by atoms with E-state index >= 15 is 0 Å². The number of carbonyl (C=O) groups is 1. The standard InChI is InChI=1S/C14H22ClN3O/c1-17(2)9-10-18(14(19)6-3-7-15)12-13-5-4-8-16-11-13/h4-5,8,11H,3,6-7,9-10,12H2,1-2H3. The second-order valence-corrected chi connectivity index (χ2v) is 5.15. The van der Waals surface area contributed by atoms with Gasteiger partial charge in [-0.1, -0.05) is 6.07 Å². The second kappa shape index (κ2) is 8.88. The van der Waals surface area contributed by atoms with Crippen LogP contribution in [-0.4, -0.2) is 53.8 Å². The molecule has 0 saturated heterocycles. The van der Waals surface area contributed by atoms with Crippen LogP contribution in [0, 0.1) is 0 Å². The first-order valence-electron chi connectivity index (χ1n) is 6.51. The fraction of sp³-hybridized carbons (Fsp3) is 0.571. The summed E-state index contributed by atoms with van der Waals surface area (Å²) in [6.45, 7) is 2.19. The Bertz CT molecular complexity index is 370. The average molecular weight is 284 g/mol. The van der Waals surface area contributed by atoms with Crippen molar-refractivity contribution in [1.82, 2.24) is 14.8 Å². The summed E-state index contributed by atoms with van der Waals surface area (Å²) >= 11 is 5.65. The highest BCUT2D eigenvalue weighted by Gasteiger charge is 2.13. The van der Waals surface area contributed by atoms with Gasteiger partial charge in [0.1, 0.15) is 0 Å². The molecule has 0 atom stereocenters. The number of pyridine rings is 1. The van der Waals surface area contributed by atoms with Crippen molar-refractivity contribution in [3.63, 3.8) is 0 Å². The molecule has 106 valence electrons. The van der Waals surface area contributed by atoms with E-state index in [2.05, 4.69) is 9.88 Å². The lowest BCUT2D eigenvalue weighted by Gasteiger charge is -2.24. The summed E-state index contributed by atoms with van der Waals surface area (Å²) in [5.74, 6) is 0.687. The SMILES string of the molecule is CN(C)CCN(Cc1cccnc1)C(=O)CCCCl. The average Bonchev–Trinajstić information content (AvgIpc) is 2.41. The number of likely N-dealkylation sites (N-methyl/N-ethyl adjacent to an activating group) is 1. The monoisotopic (exact) mass is 283 g/mol. The third-order valence-corrected chi connectivity index (χ3v) is 3.06. The molecule has 1 amide bonds. The Morgan fingerprint density at radius 3 is 2.74 bits per heavy atom. The molecule has 0 bridgehead atoms. The number of hydrogen-bond acceptors (Lipinski definition) is 3. The Balaban J connectivity index is 2.60. The van der Waals surface area contributed by atoms with Crippen LogP contribution < -0.4 is 0 Å². The summed E-state index contributed by atoms with van der Waals surface area (Å²) < 4.78 is 0. The highest BCUT2D eigenvalue weighted by atomic mass is 35.5. The minimum atomic E-state index is 0.159. The second-order valence-electron chi connectivity index (χ2n) is 4.77. The predicted molar refractivity (Wildman–Crippen MR) is 78.2 cm³/mol. The Morgan fingerprint density at radius 1 is 1.37 bits per heavy atom. The lowest BCUT2D eigenvalue weighted by molar-refractivity contribution is -0.132. The van der Waals surface area contributed by atoms with Gasteiger partial charge < -0.3 is 9.80 Å². The van der Waals surface area contributed by atoms with E-state index in [0.717, 1.165) is 25.1 Å². The summed E-state index contributed by atoms with van der Waals surface area (Å²) in [4.78, 5) is 20.2. The van der Waals surface area contributed by atoms with Gasteiger partial charge >= 0.3 is 0 Å². The number of aromatic nitrogens is 1. The fourth-order valence-corrected chi connectivity index (χ4v) is 1.83. The van der Waals surface area contributed by atoms with Crippen molar-refractivity contribution in [2.24, 2.45) is 0 Å². The molecule has 1 aromatic rings. The van der Waals surface area contributed by atoms with Crippen molar-refractivity contribution >= 4 is 17.5 Å². The minimum absolute atomic E-state index is 0.159. The van der Waals surface area contributed by atoms with Crippen LogP contribution in [0.3, 0.4) is 0 Å². The summed E-state index contributed by atoms with van der Waals surface area (Å²) in [6.07, 6.45) is 4.78. The number of hydrogen-bond donors (Lipinski definition) is 0. The van der Waals surface area contributed by atoms with Crippen molar-refractivity contribution in [3.05, 3.63) is 30.1 Å². The summed E-state index contributed by atoms with van der Waals surface area (Å²) in [5.41, 5.74) is 1.06. The van der Waals surface area contributed by atoms with Gasteiger partial charge in [0, 0.05) is 44.3 Å². The smallest absolute Gasteiger partial charge is 0.222 e. The third kappa shape index (κ3) is 6.55. The van der Waals surface area contributed by atoms with Crippen LogP contribution in [-0.2, 0) is 11.3 Å². The van der Waals surface area contributed by atoms with Gasteiger partial charge in [0.05, 0.1) is 0 Å². The number of carbonyl (C=O) groups excluding carboxylic acids is 1.